The molecule has 5 nitrogen and oxygen atoms in total. The lowest BCUT2D eigenvalue weighted by Crippen LogP contribution is -2.39. The molecule has 1 aromatic carbocycles. The number of ether oxygens (including phenoxy) is 2. The SMILES string of the molecule is Cl.O=C(c1cccc(OCC2CCCO2)c1)N1CCC2CCC(C1)N2. The molecule has 138 valence electrons. The van der Waals surface area contributed by atoms with Gasteiger partial charge in [-0.05, 0) is 50.3 Å². The lowest BCUT2D eigenvalue weighted by atomic mass is 10.1. The van der Waals surface area contributed by atoms with Crippen molar-refractivity contribution in [3.05, 3.63) is 29.8 Å². The standard InChI is InChI=1S/C19H26N2O3.ClH/c22-19(21-9-8-15-6-7-16(12-21)20-15)14-3-1-4-17(11-14)24-13-18-5-2-10-23-18;/h1,3-4,11,15-16,18,20H,2,5-10,12-13H2;1H. The van der Waals surface area contributed by atoms with Crippen molar-refractivity contribution >= 4 is 18.3 Å². The van der Waals surface area contributed by atoms with Gasteiger partial charge >= 0.3 is 0 Å². The Morgan fingerprint density at radius 2 is 2.12 bits per heavy atom. The summed E-state index contributed by atoms with van der Waals surface area (Å²) in [4.78, 5) is 14.9. The number of nitrogens with one attached hydrogen (secondary N) is 1. The molecule has 3 fully saturated rings. The molecule has 0 radical (unpaired) electrons. The number of amides is 1. The van der Waals surface area contributed by atoms with Gasteiger partial charge in [0, 0.05) is 37.3 Å². The first-order chi connectivity index (χ1) is 11.8. The summed E-state index contributed by atoms with van der Waals surface area (Å²) in [5, 5.41) is 3.62. The summed E-state index contributed by atoms with van der Waals surface area (Å²) in [6, 6.07) is 8.62. The van der Waals surface area contributed by atoms with Crippen LogP contribution in [-0.2, 0) is 4.74 Å². The summed E-state index contributed by atoms with van der Waals surface area (Å²) in [6.45, 7) is 3.05. The predicted octanol–water partition coefficient (Wildman–Crippen LogP) is 2.63. The van der Waals surface area contributed by atoms with E-state index in [0.29, 0.717) is 18.7 Å². The van der Waals surface area contributed by atoms with Crippen LogP contribution in [0.4, 0.5) is 0 Å². The van der Waals surface area contributed by atoms with E-state index in [-0.39, 0.29) is 24.4 Å². The predicted molar refractivity (Wildman–Crippen MR) is 98.6 cm³/mol. The molecule has 3 aliphatic rings. The van der Waals surface area contributed by atoms with Crippen LogP contribution in [0.25, 0.3) is 0 Å². The number of hydrogen-bond acceptors (Lipinski definition) is 4. The van der Waals surface area contributed by atoms with Crippen LogP contribution in [0.2, 0.25) is 0 Å². The maximum absolute atomic E-state index is 12.9. The number of likely N-dealkylation sites (tertiary alicyclic amines) is 1. The summed E-state index contributed by atoms with van der Waals surface area (Å²) < 4.78 is 11.4. The summed E-state index contributed by atoms with van der Waals surface area (Å²) in [6.07, 6.45) is 5.84. The fraction of sp³-hybridized carbons (Fsp3) is 0.632. The lowest BCUT2D eigenvalue weighted by Gasteiger charge is -2.24. The maximum atomic E-state index is 12.9. The zero-order valence-corrected chi connectivity index (χ0v) is 15.3. The minimum absolute atomic E-state index is 0. The highest BCUT2D eigenvalue weighted by Crippen LogP contribution is 2.23. The Balaban J connectivity index is 0.00000182. The molecular formula is C19H27ClN2O3. The number of benzene rings is 1. The largest absolute Gasteiger partial charge is 0.491 e. The molecule has 25 heavy (non-hydrogen) atoms. The number of hydrogen-bond donors (Lipinski definition) is 1. The molecule has 0 saturated carbocycles. The van der Waals surface area contributed by atoms with E-state index in [4.69, 9.17) is 9.47 Å². The van der Waals surface area contributed by atoms with Crippen molar-refractivity contribution in [1.29, 1.82) is 0 Å². The third kappa shape index (κ3) is 4.46. The van der Waals surface area contributed by atoms with E-state index >= 15 is 0 Å². The van der Waals surface area contributed by atoms with Gasteiger partial charge in [-0.1, -0.05) is 6.07 Å². The van der Waals surface area contributed by atoms with E-state index in [9.17, 15) is 4.79 Å². The molecule has 3 unspecified atom stereocenters. The second kappa shape index (κ2) is 8.39. The average Bonchev–Trinajstić information content (AvgIpc) is 3.22. The van der Waals surface area contributed by atoms with E-state index in [0.717, 1.165) is 50.3 Å². The molecule has 1 N–H and O–H groups in total. The van der Waals surface area contributed by atoms with Crippen molar-refractivity contribution < 1.29 is 14.3 Å². The monoisotopic (exact) mass is 366 g/mol. The van der Waals surface area contributed by atoms with Crippen LogP contribution in [0.15, 0.2) is 24.3 Å². The van der Waals surface area contributed by atoms with Gasteiger partial charge in [0.05, 0.1) is 6.10 Å². The molecular weight excluding hydrogens is 340 g/mol. The highest BCUT2D eigenvalue weighted by Gasteiger charge is 2.31. The Bertz CT molecular complexity index is 592. The average molecular weight is 367 g/mol. The quantitative estimate of drug-likeness (QED) is 0.890. The number of carbonyl (C=O) groups excluding carboxylic acids is 1. The third-order valence-electron chi connectivity index (χ3n) is 5.35. The van der Waals surface area contributed by atoms with Gasteiger partial charge < -0.3 is 19.7 Å². The van der Waals surface area contributed by atoms with E-state index in [1.165, 1.54) is 12.8 Å². The highest BCUT2D eigenvalue weighted by molar-refractivity contribution is 5.94. The second-order valence-electron chi connectivity index (χ2n) is 7.15. The maximum Gasteiger partial charge on any atom is 0.254 e. The van der Waals surface area contributed by atoms with Gasteiger partial charge in [-0.3, -0.25) is 4.79 Å². The summed E-state index contributed by atoms with van der Waals surface area (Å²) in [5.41, 5.74) is 0.720. The number of nitrogens with zero attached hydrogens (tertiary/aromatic N) is 1. The molecule has 0 aromatic heterocycles. The number of carbonyl (C=O) groups is 1. The Kier molecular flexibility index (Phi) is 6.20. The Hall–Kier alpha value is -1.30. The fourth-order valence-corrected chi connectivity index (χ4v) is 3.99. The number of halogens is 1. The van der Waals surface area contributed by atoms with Crippen molar-refractivity contribution in [3.8, 4) is 5.75 Å². The Labute approximate surface area is 155 Å². The van der Waals surface area contributed by atoms with E-state index in [2.05, 4.69) is 5.32 Å². The Morgan fingerprint density at radius 1 is 1.24 bits per heavy atom. The molecule has 3 heterocycles. The van der Waals surface area contributed by atoms with Crippen molar-refractivity contribution in [2.24, 2.45) is 0 Å². The molecule has 0 spiro atoms. The summed E-state index contributed by atoms with van der Waals surface area (Å²) in [5.74, 6) is 0.873. The highest BCUT2D eigenvalue weighted by atomic mass is 35.5. The number of rotatable bonds is 4. The summed E-state index contributed by atoms with van der Waals surface area (Å²) in [7, 11) is 0. The molecule has 4 rings (SSSR count). The van der Waals surface area contributed by atoms with Crippen LogP contribution in [-0.4, -0.2) is 55.3 Å². The second-order valence-corrected chi connectivity index (χ2v) is 7.15. The van der Waals surface area contributed by atoms with Crippen molar-refractivity contribution in [1.82, 2.24) is 10.2 Å². The first-order valence-electron chi connectivity index (χ1n) is 9.18. The smallest absolute Gasteiger partial charge is 0.254 e. The van der Waals surface area contributed by atoms with Gasteiger partial charge in [-0.25, -0.2) is 0 Å². The van der Waals surface area contributed by atoms with Gasteiger partial charge in [0.25, 0.3) is 5.91 Å². The van der Waals surface area contributed by atoms with Crippen LogP contribution in [0.3, 0.4) is 0 Å². The molecule has 6 heteroatoms. The minimum atomic E-state index is 0. The third-order valence-corrected chi connectivity index (χ3v) is 5.35. The van der Waals surface area contributed by atoms with E-state index < -0.39 is 0 Å². The van der Waals surface area contributed by atoms with E-state index in [1.54, 1.807) is 0 Å². The molecule has 3 aliphatic heterocycles. The van der Waals surface area contributed by atoms with Gasteiger partial charge in [0.2, 0.25) is 0 Å². The molecule has 0 aliphatic carbocycles. The van der Waals surface area contributed by atoms with Gasteiger partial charge in [-0.15, -0.1) is 12.4 Å². The molecule has 3 atom stereocenters. The van der Waals surface area contributed by atoms with Crippen LogP contribution < -0.4 is 10.1 Å². The lowest BCUT2D eigenvalue weighted by molar-refractivity contribution is 0.0677. The van der Waals surface area contributed by atoms with Crippen molar-refractivity contribution in [3.63, 3.8) is 0 Å². The molecule has 1 amide bonds. The van der Waals surface area contributed by atoms with Crippen molar-refractivity contribution in [2.45, 2.75) is 50.3 Å². The van der Waals surface area contributed by atoms with Crippen LogP contribution in [0.1, 0.15) is 42.5 Å². The summed E-state index contributed by atoms with van der Waals surface area (Å²) >= 11 is 0. The van der Waals surface area contributed by atoms with Crippen molar-refractivity contribution in [2.75, 3.05) is 26.3 Å². The minimum Gasteiger partial charge on any atom is -0.491 e. The molecule has 3 saturated heterocycles. The van der Waals surface area contributed by atoms with Crippen LogP contribution in [0.5, 0.6) is 5.75 Å². The zero-order valence-electron chi connectivity index (χ0n) is 14.5. The zero-order chi connectivity index (χ0) is 16.4. The first kappa shape index (κ1) is 18.5. The number of fused-ring (bicyclic) bond motifs is 2. The molecule has 1 aromatic rings. The van der Waals surface area contributed by atoms with E-state index in [1.807, 2.05) is 29.2 Å². The Morgan fingerprint density at radius 3 is 2.96 bits per heavy atom. The fourth-order valence-electron chi connectivity index (χ4n) is 3.99. The topological polar surface area (TPSA) is 50.8 Å². The van der Waals surface area contributed by atoms with Crippen LogP contribution in [0, 0.1) is 0 Å². The first-order valence-corrected chi connectivity index (χ1v) is 9.18. The molecule has 2 bridgehead atoms. The van der Waals surface area contributed by atoms with Crippen LogP contribution >= 0.6 is 12.4 Å². The van der Waals surface area contributed by atoms with Gasteiger partial charge in [0.15, 0.2) is 0 Å². The van der Waals surface area contributed by atoms with Gasteiger partial charge in [0.1, 0.15) is 12.4 Å². The normalized spacial score (nSPS) is 28.3. The van der Waals surface area contributed by atoms with Gasteiger partial charge in [-0.2, -0.15) is 0 Å².